The van der Waals surface area contributed by atoms with Gasteiger partial charge in [-0.1, -0.05) is 30.3 Å². The molecule has 0 saturated carbocycles. The van der Waals surface area contributed by atoms with Crippen molar-refractivity contribution in [1.82, 2.24) is 10.0 Å². The van der Waals surface area contributed by atoms with Gasteiger partial charge in [0.1, 0.15) is 0 Å². The first-order valence-corrected chi connectivity index (χ1v) is 8.73. The van der Waals surface area contributed by atoms with Gasteiger partial charge in [-0.15, -0.1) is 16.4 Å². The maximum Gasteiger partial charge on any atom is 0.492 e. The van der Waals surface area contributed by atoms with Crippen LogP contribution >= 0.6 is 11.3 Å². The number of hydrogen-bond acceptors (Lipinski definition) is 5. The van der Waals surface area contributed by atoms with Gasteiger partial charge in [0.15, 0.2) is 0 Å². The normalized spacial score (nSPS) is 16.8. The Bertz CT molecular complexity index is 738. The number of aromatic nitrogens is 1. The number of piperidine rings is 1. The van der Waals surface area contributed by atoms with Gasteiger partial charge in [-0.2, -0.15) is 13.2 Å². The summed E-state index contributed by atoms with van der Waals surface area (Å²) in [5, 5.41) is 2.07. The van der Waals surface area contributed by atoms with Gasteiger partial charge in [-0.25, -0.2) is 9.78 Å². The molecule has 0 spiro atoms. The minimum absolute atomic E-state index is 0.169. The van der Waals surface area contributed by atoms with Crippen LogP contribution < -0.4 is 0 Å². The Morgan fingerprint density at radius 3 is 2.48 bits per heavy atom. The molecule has 1 aliphatic heterocycles. The summed E-state index contributed by atoms with van der Waals surface area (Å²) in [6.45, 7) is 2.56. The van der Waals surface area contributed by atoms with Gasteiger partial charge >= 0.3 is 12.1 Å². The lowest BCUT2D eigenvalue weighted by Crippen LogP contribution is -2.39. The number of nitrogens with zero attached hydrogens (tertiary/aromatic N) is 2. The van der Waals surface area contributed by atoms with Crippen LogP contribution in [0.1, 0.15) is 28.6 Å². The molecular formula is C17H17F3N2O2S. The molecule has 2 heterocycles. The fourth-order valence-electron chi connectivity index (χ4n) is 2.82. The van der Waals surface area contributed by atoms with Gasteiger partial charge in [0, 0.05) is 29.4 Å². The van der Waals surface area contributed by atoms with Crippen molar-refractivity contribution < 1.29 is 22.8 Å². The molecule has 134 valence electrons. The molecule has 4 nitrogen and oxygen atoms in total. The largest absolute Gasteiger partial charge is 0.492 e. The number of halogens is 3. The minimum atomic E-state index is -4.96. The molecule has 1 aliphatic rings. The predicted molar refractivity (Wildman–Crippen MR) is 88.0 cm³/mol. The maximum absolute atomic E-state index is 12.2. The van der Waals surface area contributed by atoms with Gasteiger partial charge in [-0.3, -0.25) is 0 Å². The van der Waals surface area contributed by atoms with Crippen LogP contribution in [0.4, 0.5) is 13.2 Å². The molecule has 0 N–H and O–H groups in total. The van der Waals surface area contributed by atoms with Crippen molar-refractivity contribution in [3.63, 3.8) is 0 Å². The second-order valence-electron chi connectivity index (χ2n) is 5.90. The van der Waals surface area contributed by atoms with Gasteiger partial charge < -0.3 is 4.84 Å². The van der Waals surface area contributed by atoms with Crippen LogP contribution in [-0.4, -0.2) is 35.3 Å². The van der Waals surface area contributed by atoms with E-state index < -0.39 is 12.1 Å². The molecule has 2 aromatic rings. The molecule has 0 bridgehead atoms. The van der Waals surface area contributed by atoms with Crippen molar-refractivity contribution in [2.24, 2.45) is 0 Å². The number of benzene rings is 1. The first-order chi connectivity index (χ1) is 11.8. The van der Waals surface area contributed by atoms with Crippen LogP contribution in [0.2, 0.25) is 0 Å². The lowest BCUT2D eigenvalue weighted by atomic mass is 9.99. The van der Waals surface area contributed by atoms with E-state index >= 15 is 0 Å². The van der Waals surface area contributed by atoms with Crippen LogP contribution in [0.15, 0.2) is 30.3 Å². The molecule has 0 radical (unpaired) electrons. The summed E-state index contributed by atoms with van der Waals surface area (Å²) >= 11 is 1.62. The van der Waals surface area contributed by atoms with Gasteiger partial charge in [0.05, 0.1) is 10.7 Å². The van der Waals surface area contributed by atoms with E-state index in [0.29, 0.717) is 12.8 Å². The Morgan fingerprint density at radius 2 is 1.88 bits per heavy atom. The number of alkyl halides is 3. The fourth-order valence-corrected chi connectivity index (χ4v) is 3.93. The van der Waals surface area contributed by atoms with E-state index in [1.165, 1.54) is 0 Å². The Hall–Kier alpha value is -1.93. The van der Waals surface area contributed by atoms with Gasteiger partial charge in [0.25, 0.3) is 0 Å². The third-order valence-corrected chi connectivity index (χ3v) is 5.24. The number of hydroxylamine groups is 2. The van der Waals surface area contributed by atoms with E-state index in [-0.39, 0.29) is 19.0 Å². The van der Waals surface area contributed by atoms with Gasteiger partial charge in [0.2, 0.25) is 0 Å². The first-order valence-electron chi connectivity index (χ1n) is 7.91. The van der Waals surface area contributed by atoms with Gasteiger partial charge in [-0.05, 0) is 19.8 Å². The number of thiazole rings is 1. The molecular weight excluding hydrogens is 353 g/mol. The Morgan fingerprint density at radius 1 is 1.24 bits per heavy atom. The maximum atomic E-state index is 12.2. The number of hydrogen-bond donors (Lipinski definition) is 0. The summed E-state index contributed by atoms with van der Waals surface area (Å²) in [6.07, 6.45) is -3.76. The second-order valence-corrected chi connectivity index (χ2v) is 7.14. The topological polar surface area (TPSA) is 42.4 Å². The first kappa shape index (κ1) is 17.9. The van der Waals surface area contributed by atoms with Crippen LogP contribution in [0.5, 0.6) is 0 Å². The lowest BCUT2D eigenvalue weighted by molar-refractivity contribution is -0.241. The zero-order chi connectivity index (χ0) is 18.0. The third kappa shape index (κ3) is 4.19. The minimum Gasteiger partial charge on any atom is -0.361 e. The van der Waals surface area contributed by atoms with E-state index in [4.69, 9.17) is 4.98 Å². The molecule has 3 rings (SSSR count). The number of carbonyl (C=O) groups excluding carboxylic acids is 1. The molecule has 0 atom stereocenters. The van der Waals surface area contributed by atoms with Crippen molar-refractivity contribution in [2.45, 2.75) is 31.9 Å². The summed E-state index contributed by atoms with van der Waals surface area (Å²) < 4.78 is 36.7. The highest BCUT2D eigenvalue weighted by molar-refractivity contribution is 7.12. The lowest BCUT2D eigenvalue weighted by Gasteiger charge is -2.29. The Labute approximate surface area is 147 Å². The molecule has 0 aliphatic carbocycles. The predicted octanol–water partition coefficient (Wildman–Crippen LogP) is 4.32. The zero-order valence-corrected chi connectivity index (χ0v) is 14.4. The molecule has 1 saturated heterocycles. The summed E-state index contributed by atoms with van der Waals surface area (Å²) in [5.41, 5.74) is 2.01. The smallest absolute Gasteiger partial charge is 0.361 e. The highest BCUT2D eigenvalue weighted by Crippen LogP contribution is 2.36. The summed E-state index contributed by atoms with van der Waals surface area (Å²) in [5.74, 6) is -2.00. The molecule has 1 aromatic carbocycles. The van der Waals surface area contributed by atoms with Crippen LogP contribution in [0.3, 0.4) is 0 Å². The Kier molecular flexibility index (Phi) is 5.10. The highest BCUT2D eigenvalue weighted by Gasteiger charge is 2.43. The van der Waals surface area contributed by atoms with E-state index in [2.05, 4.69) is 4.84 Å². The van der Waals surface area contributed by atoms with E-state index in [0.717, 1.165) is 26.2 Å². The van der Waals surface area contributed by atoms with Crippen LogP contribution in [0, 0.1) is 6.92 Å². The molecule has 1 aromatic heterocycles. The molecule has 1 fully saturated rings. The second kappa shape index (κ2) is 7.13. The summed E-state index contributed by atoms with van der Waals surface area (Å²) in [4.78, 5) is 21.1. The monoisotopic (exact) mass is 370 g/mol. The number of carbonyl (C=O) groups is 1. The average molecular weight is 370 g/mol. The SMILES string of the molecule is Cc1sc(C2CCN(OC(=O)C(F)(F)F)CC2)nc1-c1ccccc1. The van der Waals surface area contributed by atoms with E-state index in [1.54, 1.807) is 11.3 Å². The van der Waals surface area contributed by atoms with Crippen molar-refractivity contribution in [1.29, 1.82) is 0 Å². The molecule has 8 heteroatoms. The summed E-state index contributed by atoms with van der Waals surface area (Å²) in [6, 6.07) is 9.88. The fraction of sp³-hybridized carbons (Fsp3) is 0.412. The van der Waals surface area contributed by atoms with Crippen LogP contribution in [0.25, 0.3) is 11.3 Å². The third-order valence-electron chi connectivity index (χ3n) is 4.11. The van der Waals surface area contributed by atoms with E-state index in [9.17, 15) is 18.0 Å². The standard InChI is InChI=1S/C17H17F3N2O2S/c1-11-14(12-5-3-2-4-6-12)21-15(25-11)13-7-9-22(10-8-13)24-16(23)17(18,19)20/h2-6,13H,7-10H2,1H3. The summed E-state index contributed by atoms with van der Waals surface area (Å²) in [7, 11) is 0. The zero-order valence-electron chi connectivity index (χ0n) is 13.5. The Balaban J connectivity index is 1.63. The number of rotatable bonds is 3. The van der Waals surface area contributed by atoms with Crippen LogP contribution in [-0.2, 0) is 9.63 Å². The highest BCUT2D eigenvalue weighted by atomic mass is 32.1. The van der Waals surface area contributed by atoms with Crippen molar-refractivity contribution in [2.75, 3.05) is 13.1 Å². The van der Waals surface area contributed by atoms with E-state index in [1.807, 2.05) is 37.3 Å². The molecule has 0 amide bonds. The molecule has 0 unspecified atom stereocenters. The number of aryl methyl sites for hydroxylation is 1. The van der Waals surface area contributed by atoms with Crippen molar-refractivity contribution >= 4 is 17.3 Å². The quantitative estimate of drug-likeness (QED) is 0.807. The van der Waals surface area contributed by atoms with Crippen molar-refractivity contribution in [3.05, 3.63) is 40.2 Å². The average Bonchev–Trinajstić information content (AvgIpc) is 2.97. The van der Waals surface area contributed by atoms with Crippen molar-refractivity contribution in [3.8, 4) is 11.3 Å². The molecule has 25 heavy (non-hydrogen) atoms.